The van der Waals surface area contributed by atoms with E-state index in [4.69, 9.17) is 4.74 Å². The normalized spacial score (nSPS) is 14.8. The fourth-order valence-corrected chi connectivity index (χ4v) is 3.17. The molecule has 0 N–H and O–H groups in total. The maximum Gasteiger partial charge on any atom is 0.253 e. The van der Waals surface area contributed by atoms with Crippen LogP contribution in [0.5, 0.6) is 5.75 Å². The second kappa shape index (κ2) is 7.04. The molecular weight excluding hydrogens is 302 g/mol. The van der Waals surface area contributed by atoms with Gasteiger partial charge in [0.05, 0.1) is 12.6 Å². The molecule has 0 radical (unpaired) electrons. The van der Waals surface area contributed by atoms with Gasteiger partial charge in [0.15, 0.2) is 5.78 Å². The summed E-state index contributed by atoms with van der Waals surface area (Å²) >= 11 is 0. The van der Waals surface area contributed by atoms with Crippen molar-refractivity contribution < 1.29 is 9.53 Å². The lowest BCUT2D eigenvalue weighted by Crippen LogP contribution is -2.25. The zero-order chi connectivity index (χ0) is 17.1. The Kier molecular flexibility index (Phi) is 4.84. The number of hydrogen-bond acceptors (Lipinski definition) is 3. The van der Waals surface area contributed by atoms with Crippen LogP contribution in [0.1, 0.15) is 47.2 Å². The third-order valence-corrected chi connectivity index (χ3v) is 4.62. The van der Waals surface area contributed by atoms with E-state index in [1.54, 1.807) is 31.3 Å². The number of carbonyl (C=O) groups is 1. The minimum Gasteiger partial charge on any atom is -0.490 e. The summed E-state index contributed by atoms with van der Waals surface area (Å²) in [6.07, 6.45) is 6.62. The zero-order valence-electron chi connectivity index (χ0n) is 14.2. The Hall–Kier alpha value is -2.36. The van der Waals surface area contributed by atoms with Gasteiger partial charge in [0.2, 0.25) is 0 Å². The predicted molar refractivity (Wildman–Crippen MR) is 93.8 cm³/mol. The van der Waals surface area contributed by atoms with E-state index in [0.29, 0.717) is 17.2 Å². The van der Waals surface area contributed by atoms with Crippen molar-refractivity contribution in [2.75, 3.05) is 0 Å². The first kappa shape index (κ1) is 16.5. The molecule has 1 aromatic carbocycles. The molecule has 1 aliphatic rings. The van der Waals surface area contributed by atoms with Crippen molar-refractivity contribution in [2.24, 2.45) is 0 Å². The molecule has 0 atom stereocenters. The summed E-state index contributed by atoms with van der Waals surface area (Å²) in [7, 11) is 0. The van der Waals surface area contributed by atoms with Gasteiger partial charge in [-0.1, -0.05) is 6.07 Å². The van der Waals surface area contributed by atoms with Gasteiger partial charge < -0.3 is 9.30 Å². The molecular formula is C20H23NO3. The van der Waals surface area contributed by atoms with Crippen LogP contribution in [0.15, 0.2) is 41.3 Å². The van der Waals surface area contributed by atoms with E-state index in [0.717, 1.165) is 24.2 Å². The highest BCUT2D eigenvalue weighted by Gasteiger charge is 2.18. The van der Waals surface area contributed by atoms with Crippen molar-refractivity contribution in [3.8, 4) is 5.75 Å². The maximum absolute atomic E-state index is 12.5. The van der Waals surface area contributed by atoms with Gasteiger partial charge in [0.1, 0.15) is 5.75 Å². The predicted octanol–water partition coefficient (Wildman–Crippen LogP) is 3.67. The van der Waals surface area contributed by atoms with Crippen molar-refractivity contribution in [1.82, 2.24) is 4.57 Å². The molecule has 1 heterocycles. The number of aryl methyl sites for hydroxylation is 2. The van der Waals surface area contributed by atoms with Gasteiger partial charge >= 0.3 is 0 Å². The van der Waals surface area contributed by atoms with Gasteiger partial charge in [-0.05, 0) is 69.4 Å². The highest BCUT2D eigenvalue weighted by Crippen LogP contribution is 2.27. The molecule has 24 heavy (non-hydrogen) atoms. The fourth-order valence-electron chi connectivity index (χ4n) is 3.17. The molecule has 1 saturated carbocycles. The standard InChI is InChI=1S/C20H23NO3/c1-14-6-5-11-21(20(14)23)13-18(22)16-9-10-19(15(2)12-16)24-17-7-3-4-8-17/h5-6,9-12,17H,3-4,7-8,13H2,1-2H3. The summed E-state index contributed by atoms with van der Waals surface area (Å²) in [5.41, 5.74) is 2.09. The monoisotopic (exact) mass is 325 g/mol. The van der Waals surface area contributed by atoms with E-state index in [2.05, 4.69) is 0 Å². The summed E-state index contributed by atoms with van der Waals surface area (Å²) in [6, 6.07) is 9.06. The summed E-state index contributed by atoms with van der Waals surface area (Å²) in [6.45, 7) is 3.77. The molecule has 0 amide bonds. The number of ether oxygens (including phenoxy) is 1. The van der Waals surface area contributed by atoms with Crippen molar-refractivity contribution in [3.63, 3.8) is 0 Å². The van der Waals surface area contributed by atoms with Crippen LogP contribution in [0, 0.1) is 13.8 Å². The van der Waals surface area contributed by atoms with Crippen molar-refractivity contribution in [1.29, 1.82) is 0 Å². The van der Waals surface area contributed by atoms with E-state index in [1.807, 2.05) is 19.1 Å². The van der Waals surface area contributed by atoms with Gasteiger partial charge in [-0.3, -0.25) is 9.59 Å². The molecule has 1 aromatic heterocycles. The molecule has 1 fully saturated rings. The van der Waals surface area contributed by atoms with Crippen LogP contribution in [0.2, 0.25) is 0 Å². The molecule has 4 heteroatoms. The number of ketones is 1. The maximum atomic E-state index is 12.5. The third kappa shape index (κ3) is 3.58. The molecule has 2 aromatic rings. The van der Waals surface area contributed by atoms with Crippen molar-refractivity contribution in [3.05, 3.63) is 63.6 Å². The molecule has 0 aliphatic heterocycles. The van der Waals surface area contributed by atoms with Crippen LogP contribution < -0.4 is 10.3 Å². The van der Waals surface area contributed by atoms with Gasteiger partial charge in [-0.2, -0.15) is 0 Å². The van der Waals surface area contributed by atoms with E-state index in [9.17, 15) is 9.59 Å². The first-order valence-electron chi connectivity index (χ1n) is 8.51. The Morgan fingerprint density at radius 2 is 1.92 bits per heavy atom. The topological polar surface area (TPSA) is 48.3 Å². The summed E-state index contributed by atoms with van der Waals surface area (Å²) in [4.78, 5) is 24.5. The highest BCUT2D eigenvalue weighted by atomic mass is 16.5. The minimum absolute atomic E-state index is 0.0583. The zero-order valence-corrected chi connectivity index (χ0v) is 14.2. The number of aromatic nitrogens is 1. The number of benzene rings is 1. The van der Waals surface area contributed by atoms with E-state index >= 15 is 0 Å². The Labute approximate surface area is 142 Å². The molecule has 0 bridgehead atoms. The van der Waals surface area contributed by atoms with Gasteiger partial charge in [-0.25, -0.2) is 0 Å². The number of rotatable bonds is 5. The molecule has 0 unspecified atom stereocenters. The van der Waals surface area contributed by atoms with Crippen LogP contribution in [0.3, 0.4) is 0 Å². The smallest absolute Gasteiger partial charge is 0.253 e. The van der Waals surface area contributed by atoms with Crippen LogP contribution in [0.25, 0.3) is 0 Å². The Bertz CT molecular complexity index is 801. The van der Waals surface area contributed by atoms with Crippen LogP contribution in [-0.2, 0) is 6.54 Å². The van der Waals surface area contributed by atoms with E-state index < -0.39 is 0 Å². The third-order valence-electron chi connectivity index (χ3n) is 4.62. The fraction of sp³-hybridized carbons (Fsp3) is 0.400. The second-order valence-electron chi connectivity index (χ2n) is 6.55. The second-order valence-corrected chi connectivity index (χ2v) is 6.55. The number of pyridine rings is 1. The average Bonchev–Trinajstić information content (AvgIpc) is 3.07. The summed E-state index contributed by atoms with van der Waals surface area (Å²) < 4.78 is 7.48. The number of hydrogen-bond donors (Lipinski definition) is 0. The van der Waals surface area contributed by atoms with E-state index in [1.165, 1.54) is 17.4 Å². The molecule has 126 valence electrons. The van der Waals surface area contributed by atoms with Crippen LogP contribution >= 0.6 is 0 Å². The van der Waals surface area contributed by atoms with Gasteiger partial charge in [-0.15, -0.1) is 0 Å². The molecule has 3 rings (SSSR count). The number of carbonyl (C=O) groups excluding carboxylic acids is 1. The van der Waals surface area contributed by atoms with Crippen molar-refractivity contribution in [2.45, 2.75) is 52.2 Å². The summed E-state index contributed by atoms with van der Waals surface area (Å²) in [5, 5.41) is 0. The molecule has 0 spiro atoms. The largest absolute Gasteiger partial charge is 0.490 e. The lowest BCUT2D eigenvalue weighted by atomic mass is 10.1. The summed E-state index contributed by atoms with van der Waals surface area (Å²) in [5.74, 6) is 0.782. The van der Waals surface area contributed by atoms with E-state index in [-0.39, 0.29) is 17.9 Å². The molecule has 4 nitrogen and oxygen atoms in total. The SMILES string of the molecule is Cc1cc(C(=O)Cn2cccc(C)c2=O)ccc1OC1CCCC1. The lowest BCUT2D eigenvalue weighted by molar-refractivity contribution is 0.0970. The average molecular weight is 325 g/mol. The number of nitrogens with zero attached hydrogens (tertiary/aromatic N) is 1. The van der Waals surface area contributed by atoms with Crippen molar-refractivity contribution >= 4 is 5.78 Å². The highest BCUT2D eigenvalue weighted by molar-refractivity contribution is 5.96. The van der Waals surface area contributed by atoms with Crippen LogP contribution in [0.4, 0.5) is 0 Å². The first-order chi connectivity index (χ1) is 11.5. The Morgan fingerprint density at radius 3 is 2.62 bits per heavy atom. The minimum atomic E-state index is -0.122. The Balaban J connectivity index is 1.74. The first-order valence-corrected chi connectivity index (χ1v) is 8.51. The quantitative estimate of drug-likeness (QED) is 0.788. The lowest BCUT2D eigenvalue weighted by Gasteiger charge is -2.15. The van der Waals surface area contributed by atoms with Crippen LogP contribution in [-0.4, -0.2) is 16.5 Å². The molecule has 1 aliphatic carbocycles. The van der Waals surface area contributed by atoms with Gasteiger partial charge in [0.25, 0.3) is 5.56 Å². The number of Topliss-reactive ketones (excluding diaryl/α,β-unsaturated/α-hetero) is 1. The van der Waals surface area contributed by atoms with Gasteiger partial charge in [0, 0.05) is 17.3 Å². The molecule has 0 saturated heterocycles. The Morgan fingerprint density at radius 1 is 1.17 bits per heavy atom.